The molecule has 1 aromatic carbocycles. The third kappa shape index (κ3) is 3.76. The van der Waals surface area contributed by atoms with Gasteiger partial charge in [-0.1, -0.05) is 0 Å². The quantitative estimate of drug-likeness (QED) is 0.820. The summed E-state index contributed by atoms with van der Waals surface area (Å²) in [6, 6.07) is 9.74. The van der Waals surface area contributed by atoms with Gasteiger partial charge in [0, 0.05) is 30.7 Å². The first-order chi connectivity index (χ1) is 9.15. The van der Waals surface area contributed by atoms with Gasteiger partial charge in [-0.05, 0) is 44.5 Å². The summed E-state index contributed by atoms with van der Waals surface area (Å²) in [6.45, 7) is 8.19. The molecule has 0 saturated carbocycles. The van der Waals surface area contributed by atoms with Crippen molar-refractivity contribution >= 4 is 11.4 Å². The Balaban J connectivity index is 2.93. The second-order valence-electron chi connectivity index (χ2n) is 4.10. The molecule has 19 heavy (non-hydrogen) atoms. The van der Waals surface area contributed by atoms with Crippen molar-refractivity contribution in [2.45, 2.75) is 20.8 Å². The van der Waals surface area contributed by atoms with Crippen LogP contribution >= 0.6 is 0 Å². The molecular formula is C15H18N4. The molecule has 0 saturated heterocycles. The number of anilines is 2. The first kappa shape index (κ1) is 14.6. The fourth-order valence-electron chi connectivity index (χ4n) is 1.83. The van der Waals surface area contributed by atoms with Crippen LogP contribution in [0, 0.1) is 29.6 Å². The van der Waals surface area contributed by atoms with E-state index in [4.69, 9.17) is 10.5 Å². The van der Waals surface area contributed by atoms with Crippen molar-refractivity contribution in [3.05, 3.63) is 35.5 Å². The lowest BCUT2D eigenvalue weighted by Crippen LogP contribution is -2.21. The van der Waals surface area contributed by atoms with E-state index in [0.29, 0.717) is 0 Å². The normalized spacial score (nSPS) is 9.11. The predicted molar refractivity (Wildman–Crippen MR) is 77.7 cm³/mol. The van der Waals surface area contributed by atoms with E-state index in [1.807, 2.05) is 31.2 Å². The van der Waals surface area contributed by atoms with E-state index in [2.05, 4.69) is 30.1 Å². The van der Waals surface area contributed by atoms with Crippen molar-refractivity contribution in [1.29, 1.82) is 10.5 Å². The third-order valence-corrected chi connectivity index (χ3v) is 2.95. The summed E-state index contributed by atoms with van der Waals surface area (Å²) in [4.78, 5) is 2.27. The molecule has 0 unspecified atom stereocenters. The minimum atomic E-state index is 0.0622. The Morgan fingerprint density at radius 2 is 1.89 bits per heavy atom. The van der Waals surface area contributed by atoms with Crippen molar-refractivity contribution in [3.63, 3.8) is 0 Å². The van der Waals surface area contributed by atoms with E-state index >= 15 is 0 Å². The lowest BCUT2D eigenvalue weighted by atomic mass is 10.1. The van der Waals surface area contributed by atoms with Gasteiger partial charge < -0.3 is 10.2 Å². The standard InChI is InChI=1S/C15H18N4/c1-4-19(5-2)14-6-7-15(12(3)8-14)18-11-13(9-16)10-17/h6-8,11,18H,4-5H2,1-3H3. The molecule has 0 atom stereocenters. The molecule has 0 aliphatic carbocycles. The highest BCUT2D eigenvalue weighted by Crippen LogP contribution is 2.22. The zero-order valence-corrected chi connectivity index (χ0v) is 11.6. The Bertz CT molecular complexity index is 526. The van der Waals surface area contributed by atoms with Gasteiger partial charge >= 0.3 is 0 Å². The van der Waals surface area contributed by atoms with Crippen LogP contribution in [0.25, 0.3) is 0 Å². The highest BCUT2D eigenvalue weighted by atomic mass is 15.1. The van der Waals surface area contributed by atoms with E-state index in [9.17, 15) is 0 Å². The smallest absolute Gasteiger partial charge is 0.145 e. The average molecular weight is 254 g/mol. The fourth-order valence-corrected chi connectivity index (χ4v) is 1.83. The molecule has 0 aliphatic rings. The van der Waals surface area contributed by atoms with Crippen LogP contribution in [0.4, 0.5) is 11.4 Å². The summed E-state index contributed by atoms with van der Waals surface area (Å²) in [6.07, 6.45) is 1.43. The van der Waals surface area contributed by atoms with Crippen molar-refractivity contribution < 1.29 is 0 Å². The van der Waals surface area contributed by atoms with Crippen molar-refractivity contribution in [1.82, 2.24) is 0 Å². The van der Waals surface area contributed by atoms with Gasteiger partial charge in [0.15, 0.2) is 0 Å². The van der Waals surface area contributed by atoms with Crippen molar-refractivity contribution in [2.24, 2.45) is 0 Å². The molecule has 1 rings (SSSR count). The fraction of sp³-hybridized carbons (Fsp3) is 0.333. The van der Waals surface area contributed by atoms with Gasteiger partial charge in [-0.15, -0.1) is 0 Å². The van der Waals surface area contributed by atoms with Crippen LogP contribution in [-0.2, 0) is 0 Å². The van der Waals surface area contributed by atoms with Crippen LogP contribution < -0.4 is 10.2 Å². The van der Waals surface area contributed by atoms with Gasteiger partial charge in [0.05, 0.1) is 0 Å². The average Bonchev–Trinajstić information content (AvgIpc) is 2.43. The third-order valence-electron chi connectivity index (χ3n) is 2.95. The van der Waals surface area contributed by atoms with Gasteiger partial charge in [0.25, 0.3) is 0 Å². The number of nitrogens with zero attached hydrogens (tertiary/aromatic N) is 3. The predicted octanol–water partition coefficient (Wildman–Crippen LogP) is 3.18. The topological polar surface area (TPSA) is 62.9 Å². The number of nitriles is 2. The SMILES string of the molecule is CCN(CC)c1ccc(NC=C(C#N)C#N)c(C)c1. The molecule has 4 nitrogen and oxygen atoms in total. The number of rotatable bonds is 5. The summed E-state index contributed by atoms with van der Waals surface area (Å²) >= 11 is 0. The first-order valence-corrected chi connectivity index (χ1v) is 6.28. The number of hydrogen-bond donors (Lipinski definition) is 1. The maximum atomic E-state index is 8.67. The second kappa shape index (κ2) is 7.08. The monoisotopic (exact) mass is 254 g/mol. The highest BCUT2D eigenvalue weighted by molar-refractivity contribution is 5.62. The Morgan fingerprint density at radius 3 is 2.37 bits per heavy atom. The van der Waals surface area contributed by atoms with Crippen molar-refractivity contribution in [2.75, 3.05) is 23.3 Å². The number of aryl methyl sites for hydroxylation is 1. The molecular weight excluding hydrogens is 236 g/mol. The lowest BCUT2D eigenvalue weighted by molar-refractivity contribution is 0.866. The molecule has 0 aromatic heterocycles. The summed E-state index contributed by atoms with van der Waals surface area (Å²) in [5, 5.41) is 20.3. The zero-order valence-electron chi connectivity index (χ0n) is 11.6. The molecule has 1 aromatic rings. The second-order valence-corrected chi connectivity index (χ2v) is 4.10. The Labute approximate surface area is 114 Å². The van der Waals surface area contributed by atoms with E-state index in [-0.39, 0.29) is 5.57 Å². The molecule has 0 bridgehead atoms. The molecule has 0 amide bonds. The van der Waals surface area contributed by atoms with E-state index in [0.717, 1.165) is 24.3 Å². The molecule has 0 spiro atoms. The molecule has 0 heterocycles. The van der Waals surface area contributed by atoms with Gasteiger partial charge in [0.2, 0.25) is 0 Å². The summed E-state index contributed by atoms with van der Waals surface area (Å²) in [7, 11) is 0. The Morgan fingerprint density at radius 1 is 1.26 bits per heavy atom. The van der Waals surface area contributed by atoms with Crippen LogP contribution in [0.3, 0.4) is 0 Å². The van der Waals surface area contributed by atoms with Gasteiger partial charge in [-0.2, -0.15) is 10.5 Å². The van der Waals surface area contributed by atoms with Gasteiger partial charge in [0.1, 0.15) is 17.7 Å². The summed E-state index contributed by atoms with van der Waals surface area (Å²) in [5.74, 6) is 0. The number of hydrogen-bond acceptors (Lipinski definition) is 4. The first-order valence-electron chi connectivity index (χ1n) is 6.28. The number of nitrogens with one attached hydrogen (secondary N) is 1. The highest BCUT2D eigenvalue weighted by Gasteiger charge is 2.04. The number of allylic oxidation sites excluding steroid dienone is 1. The lowest BCUT2D eigenvalue weighted by Gasteiger charge is -2.22. The zero-order chi connectivity index (χ0) is 14.3. The maximum Gasteiger partial charge on any atom is 0.145 e. The van der Waals surface area contributed by atoms with Crippen LogP contribution in [0.5, 0.6) is 0 Å². The van der Waals surface area contributed by atoms with E-state index < -0.39 is 0 Å². The van der Waals surface area contributed by atoms with E-state index in [1.165, 1.54) is 11.9 Å². The Kier molecular flexibility index (Phi) is 5.44. The van der Waals surface area contributed by atoms with Crippen molar-refractivity contribution in [3.8, 4) is 12.1 Å². The molecule has 4 heteroatoms. The molecule has 1 N–H and O–H groups in total. The molecule has 0 radical (unpaired) electrons. The number of benzene rings is 1. The minimum absolute atomic E-state index is 0.0622. The summed E-state index contributed by atoms with van der Waals surface area (Å²) < 4.78 is 0. The van der Waals surface area contributed by atoms with Gasteiger partial charge in [-0.3, -0.25) is 0 Å². The molecule has 0 fully saturated rings. The molecule has 98 valence electrons. The Hall–Kier alpha value is -2.46. The van der Waals surface area contributed by atoms with Crippen LogP contribution in [0.15, 0.2) is 30.0 Å². The van der Waals surface area contributed by atoms with Crippen LogP contribution in [0.1, 0.15) is 19.4 Å². The minimum Gasteiger partial charge on any atom is -0.372 e. The van der Waals surface area contributed by atoms with Crippen LogP contribution in [-0.4, -0.2) is 13.1 Å². The molecule has 0 aliphatic heterocycles. The largest absolute Gasteiger partial charge is 0.372 e. The van der Waals surface area contributed by atoms with E-state index in [1.54, 1.807) is 0 Å². The van der Waals surface area contributed by atoms with Gasteiger partial charge in [-0.25, -0.2) is 0 Å². The summed E-state index contributed by atoms with van der Waals surface area (Å²) in [5.41, 5.74) is 3.22. The van der Waals surface area contributed by atoms with Crippen LogP contribution in [0.2, 0.25) is 0 Å². The maximum absolute atomic E-state index is 8.67.